The molecule has 0 radical (unpaired) electrons. The lowest BCUT2D eigenvalue weighted by Crippen LogP contribution is -3.00. The molecule has 0 unspecified atom stereocenters. The topological polar surface area (TPSA) is 118 Å². The maximum absolute atomic E-state index is 13.8. The molecule has 5 fully saturated rings. The standard InChI is InChI=1S/C40H58N2O9.ClH.HI/c1-24-22-25(2)40-29(13-14-30-33(40)34(44)26(3)36(37(30)51-40)50-38(45)28-10-7-8-11-28)23-31(47-6)39(46)49-35(24)27(4)48-32(43)12-9-15-42-19-16-41(5,17-20-42)18-21-42;;/h7-8,10,13-14,22,24,26-27,29-31,33-37,44H,9,11-12,15-21,23H2,1-6H3;2*1H/q+2;;/p-2/b25-22+;;/t24-,26-,27-,29-,30-,31+,33+,34-,35+,36-,37-,40+,41?,42?;;/m1../s1. The van der Waals surface area contributed by atoms with E-state index in [1.165, 1.54) is 50.9 Å². The summed E-state index contributed by atoms with van der Waals surface area (Å²) >= 11 is 0. The number of ether oxygens (including phenoxy) is 5. The number of allylic oxidation sites excluding steroid dienone is 3. The lowest BCUT2D eigenvalue weighted by molar-refractivity contribution is -1.07. The first-order valence-electron chi connectivity index (χ1n) is 19.2. The first kappa shape index (κ1) is 42.3. The molecule has 296 valence electrons. The highest BCUT2D eigenvalue weighted by Gasteiger charge is 2.69. The Labute approximate surface area is 337 Å². The Morgan fingerprint density at radius 3 is 2.45 bits per heavy atom. The van der Waals surface area contributed by atoms with Crippen LogP contribution in [0.3, 0.4) is 0 Å². The quantitative estimate of drug-likeness (QED) is 0.0869. The van der Waals surface area contributed by atoms with Gasteiger partial charge in [-0.2, -0.15) is 0 Å². The summed E-state index contributed by atoms with van der Waals surface area (Å²) in [6.45, 7) is 15.8. The summed E-state index contributed by atoms with van der Waals surface area (Å²) in [5.41, 5.74) is 0.527. The lowest BCUT2D eigenvalue weighted by Gasteiger charge is -2.54. The van der Waals surface area contributed by atoms with E-state index < -0.39 is 48.2 Å². The van der Waals surface area contributed by atoms with Crippen molar-refractivity contribution in [2.45, 2.75) is 95.6 Å². The maximum Gasteiger partial charge on any atom is 0.335 e. The second kappa shape index (κ2) is 16.3. The number of aliphatic hydroxyl groups is 1. The number of carbonyl (C=O) groups excluding carboxylic acids is 3. The molecule has 3 aliphatic carbocycles. The van der Waals surface area contributed by atoms with E-state index in [-0.39, 0.29) is 84.3 Å². The molecule has 12 atom stereocenters. The van der Waals surface area contributed by atoms with Crippen molar-refractivity contribution in [3.8, 4) is 0 Å². The van der Waals surface area contributed by atoms with Gasteiger partial charge in [0, 0.05) is 48.7 Å². The Bertz CT molecular complexity index is 1510. The Balaban J connectivity index is 0.00000271. The van der Waals surface area contributed by atoms with Gasteiger partial charge in [-0.05, 0) is 32.3 Å². The zero-order chi connectivity index (χ0) is 36.3. The molecule has 5 aliphatic heterocycles. The van der Waals surface area contributed by atoms with Crippen LogP contribution in [0.15, 0.2) is 47.6 Å². The van der Waals surface area contributed by atoms with Crippen LogP contribution in [0.5, 0.6) is 0 Å². The Kier molecular flexibility index (Phi) is 13.1. The normalized spacial score (nSPS) is 43.9. The second-order valence-electron chi connectivity index (χ2n) is 16.9. The number of rotatable bonds is 9. The summed E-state index contributed by atoms with van der Waals surface area (Å²) in [4.78, 5) is 40.1. The van der Waals surface area contributed by atoms with E-state index in [1.54, 1.807) is 13.0 Å². The summed E-state index contributed by atoms with van der Waals surface area (Å²) in [6.07, 6.45) is 9.30. The van der Waals surface area contributed by atoms with Crippen LogP contribution in [-0.2, 0) is 38.1 Å². The number of piperazine rings is 3. The fourth-order valence-electron chi connectivity index (χ4n) is 10.5. The van der Waals surface area contributed by atoms with Gasteiger partial charge in [-0.3, -0.25) is 4.79 Å². The number of esters is 3. The second-order valence-corrected chi connectivity index (χ2v) is 16.9. The molecule has 11 nitrogen and oxygen atoms in total. The molecule has 0 aromatic rings. The number of hydrogen-bond donors (Lipinski definition) is 1. The van der Waals surface area contributed by atoms with Crippen LogP contribution in [0.2, 0.25) is 0 Å². The molecular weight excluding hydrogens is 815 g/mol. The minimum Gasteiger partial charge on any atom is -1.00 e. The zero-order valence-electron chi connectivity index (χ0n) is 32.0. The van der Waals surface area contributed by atoms with Gasteiger partial charge < -0.3 is 74.1 Å². The summed E-state index contributed by atoms with van der Waals surface area (Å²) in [6, 6.07) is 0. The predicted octanol–water partition coefficient (Wildman–Crippen LogP) is -2.73. The number of nitrogens with zero attached hydrogens (tertiary/aromatic N) is 2. The highest BCUT2D eigenvalue weighted by atomic mass is 127. The van der Waals surface area contributed by atoms with Crippen molar-refractivity contribution in [1.82, 2.24) is 0 Å². The summed E-state index contributed by atoms with van der Waals surface area (Å²) in [7, 11) is 3.84. The summed E-state index contributed by atoms with van der Waals surface area (Å²) in [5, 5.41) is 12.0. The van der Waals surface area contributed by atoms with Crippen molar-refractivity contribution < 1.29 is 88.5 Å². The van der Waals surface area contributed by atoms with Crippen LogP contribution in [-0.4, -0.2) is 134 Å². The van der Waals surface area contributed by atoms with Gasteiger partial charge in [0.05, 0.1) is 26.1 Å². The minimum absolute atomic E-state index is 0. The first-order chi connectivity index (χ1) is 24.3. The van der Waals surface area contributed by atoms with Crippen LogP contribution < -0.4 is 36.4 Å². The van der Waals surface area contributed by atoms with Crippen LogP contribution in [0.1, 0.15) is 53.4 Å². The molecule has 8 rings (SSSR count). The number of carbonyl (C=O) groups is 3. The van der Waals surface area contributed by atoms with Crippen LogP contribution in [0, 0.1) is 29.6 Å². The number of cyclic esters (lactones) is 1. The molecule has 1 N–H and O–H groups in total. The fraction of sp³-hybridized carbons (Fsp3) is 0.725. The summed E-state index contributed by atoms with van der Waals surface area (Å²) < 4.78 is 33.4. The van der Waals surface area contributed by atoms with E-state index in [1.807, 2.05) is 32.9 Å². The summed E-state index contributed by atoms with van der Waals surface area (Å²) in [5.74, 6) is -2.73. The zero-order valence-corrected chi connectivity index (χ0v) is 34.9. The molecule has 5 heterocycles. The molecule has 1 saturated carbocycles. The molecule has 0 amide bonds. The lowest BCUT2D eigenvalue weighted by atomic mass is 9.57. The molecule has 53 heavy (non-hydrogen) atoms. The van der Waals surface area contributed by atoms with E-state index in [9.17, 15) is 19.5 Å². The Morgan fingerprint density at radius 2 is 1.81 bits per heavy atom. The van der Waals surface area contributed by atoms with E-state index >= 15 is 0 Å². The Morgan fingerprint density at radius 1 is 1.11 bits per heavy atom. The number of halogens is 2. The van der Waals surface area contributed by atoms with Gasteiger partial charge in [-0.1, -0.05) is 50.3 Å². The highest BCUT2D eigenvalue weighted by Crippen LogP contribution is 2.61. The number of fused-ring (bicyclic) bond motifs is 3. The molecule has 1 spiro atoms. The monoisotopic (exact) mass is 872 g/mol. The van der Waals surface area contributed by atoms with Crippen LogP contribution in [0.25, 0.3) is 0 Å². The molecule has 0 aromatic carbocycles. The number of aliphatic hydroxyl groups excluding tert-OH is 1. The van der Waals surface area contributed by atoms with Crippen molar-refractivity contribution in [2.24, 2.45) is 29.6 Å². The number of quaternary nitrogens is 2. The van der Waals surface area contributed by atoms with Gasteiger partial charge in [0.2, 0.25) is 0 Å². The maximum atomic E-state index is 13.8. The average Bonchev–Trinajstić information content (AvgIpc) is 3.71. The van der Waals surface area contributed by atoms with E-state index in [0.29, 0.717) is 18.4 Å². The molecule has 0 aromatic heterocycles. The Hall–Kier alpha value is -1.81. The van der Waals surface area contributed by atoms with Crippen LogP contribution >= 0.6 is 0 Å². The minimum atomic E-state index is -0.966. The van der Waals surface area contributed by atoms with Gasteiger partial charge >= 0.3 is 17.9 Å². The van der Waals surface area contributed by atoms with Gasteiger partial charge in [-0.25, -0.2) is 9.59 Å². The van der Waals surface area contributed by atoms with E-state index in [4.69, 9.17) is 23.7 Å². The first-order valence-corrected chi connectivity index (χ1v) is 19.2. The van der Waals surface area contributed by atoms with Crippen molar-refractivity contribution >= 4 is 17.9 Å². The highest BCUT2D eigenvalue weighted by molar-refractivity contribution is 5.90. The SMILES string of the molecule is CO[C@H]1C[C@H]2C=C[C@H]3[C@H]4O[C@]2(/C(C)=C/[C@@H](C)[C@@H]([C@@H](C)OC(=O)CCC[N+]25CC[N+](C)(CC2)CC5)OC1=O)[C@@H]3[C@H](O)[C@@H](C)[C@H]4OC(=O)C1=CC=CC1.[Cl-].[I-]. The van der Waals surface area contributed by atoms with Gasteiger partial charge in [0.15, 0.2) is 6.10 Å². The molecule has 8 aliphatic rings. The number of likely N-dealkylation sites (N-methyl/N-ethyl adjacent to an activating group) is 1. The van der Waals surface area contributed by atoms with Crippen molar-refractivity contribution in [3.05, 3.63) is 47.6 Å². The number of methoxy groups -OCH3 is 1. The molecule has 6 bridgehead atoms. The van der Waals surface area contributed by atoms with Gasteiger partial charge in [0.25, 0.3) is 0 Å². The van der Waals surface area contributed by atoms with Crippen molar-refractivity contribution in [3.63, 3.8) is 0 Å². The fourth-order valence-corrected chi connectivity index (χ4v) is 10.5. The average molecular weight is 873 g/mol. The van der Waals surface area contributed by atoms with Crippen molar-refractivity contribution in [2.75, 3.05) is 60.0 Å². The third-order valence-electron chi connectivity index (χ3n) is 13.8. The number of hydrogen-bond acceptors (Lipinski definition) is 9. The van der Waals surface area contributed by atoms with E-state index in [0.717, 1.165) is 23.0 Å². The van der Waals surface area contributed by atoms with Crippen LogP contribution in [0.4, 0.5) is 0 Å². The largest absolute Gasteiger partial charge is 1.00 e. The predicted molar refractivity (Wildman–Crippen MR) is 188 cm³/mol. The third kappa shape index (κ3) is 7.68. The smallest absolute Gasteiger partial charge is 0.335 e. The molecular formula is C40H58ClIN2O9. The van der Waals surface area contributed by atoms with Gasteiger partial charge in [-0.15, -0.1) is 0 Å². The van der Waals surface area contributed by atoms with E-state index in [2.05, 4.69) is 25.3 Å². The van der Waals surface area contributed by atoms with Crippen molar-refractivity contribution in [1.29, 1.82) is 0 Å². The third-order valence-corrected chi connectivity index (χ3v) is 13.8. The molecule has 4 saturated heterocycles. The molecule has 13 heteroatoms. The van der Waals surface area contributed by atoms with Gasteiger partial charge in [0.1, 0.15) is 69.3 Å².